The maximum absolute atomic E-state index is 12.8. The van der Waals surface area contributed by atoms with Gasteiger partial charge in [0.15, 0.2) is 0 Å². The van der Waals surface area contributed by atoms with Crippen molar-refractivity contribution in [2.75, 3.05) is 13.7 Å². The first-order valence-electron chi connectivity index (χ1n) is 6.77. The lowest BCUT2D eigenvalue weighted by molar-refractivity contribution is -0.142. The molecule has 0 unspecified atom stereocenters. The highest BCUT2D eigenvalue weighted by molar-refractivity contribution is 6.30. The van der Waals surface area contributed by atoms with Crippen LogP contribution in [0.1, 0.15) is 31.2 Å². The number of amides is 1. The van der Waals surface area contributed by atoms with Gasteiger partial charge in [-0.05, 0) is 43.4 Å². The second-order valence-electron chi connectivity index (χ2n) is 5.42. The van der Waals surface area contributed by atoms with Gasteiger partial charge in [-0.3, -0.25) is 4.79 Å². The normalized spacial score (nSPS) is 24.5. The lowest BCUT2D eigenvalue weighted by Crippen LogP contribution is -2.43. The second kappa shape index (κ2) is 4.80. The van der Waals surface area contributed by atoms with E-state index < -0.39 is 0 Å². The van der Waals surface area contributed by atoms with Gasteiger partial charge in [-0.2, -0.15) is 0 Å². The van der Waals surface area contributed by atoms with Crippen LogP contribution in [0.25, 0.3) is 0 Å². The molecule has 1 heterocycles. The van der Waals surface area contributed by atoms with E-state index >= 15 is 0 Å². The average molecular weight is 280 g/mol. The fourth-order valence-corrected chi connectivity index (χ4v) is 3.13. The highest BCUT2D eigenvalue weighted by Crippen LogP contribution is 2.50. The molecule has 102 valence electrons. The van der Waals surface area contributed by atoms with Gasteiger partial charge in [-0.1, -0.05) is 23.7 Å². The molecule has 1 amide bonds. The molecule has 1 aliphatic heterocycles. The zero-order chi connectivity index (χ0) is 13.5. The molecule has 0 spiro atoms. The van der Waals surface area contributed by atoms with Gasteiger partial charge in [0.25, 0.3) is 0 Å². The lowest BCUT2D eigenvalue weighted by atomic mass is 9.94. The van der Waals surface area contributed by atoms with E-state index in [2.05, 4.69) is 0 Å². The zero-order valence-electron chi connectivity index (χ0n) is 11.1. The van der Waals surface area contributed by atoms with Crippen LogP contribution in [-0.2, 0) is 14.9 Å². The van der Waals surface area contributed by atoms with Crippen LogP contribution in [0, 0.1) is 0 Å². The highest BCUT2D eigenvalue weighted by atomic mass is 35.5. The van der Waals surface area contributed by atoms with Crippen molar-refractivity contribution in [2.24, 2.45) is 0 Å². The number of nitrogens with zero attached hydrogens (tertiary/aromatic N) is 1. The molecule has 0 radical (unpaired) electrons. The Labute approximate surface area is 118 Å². The first-order valence-corrected chi connectivity index (χ1v) is 7.15. The van der Waals surface area contributed by atoms with E-state index in [1.807, 2.05) is 29.2 Å². The quantitative estimate of drug-likeness (QED) is 0.851. The van der Waals surface area contributed by atoms with Gasteiger partial charge < -0.3 is 9.64 Å². The Morgan fingerprint density at radius 3 is 2.63 bits per heavy atom. The van der Waals surface area contributed by atoms with Crippen LogP contribution in [0.5, 0.6) is 0 Å². The fourth-order valence-electron chi connectivity index (χ4n) is 3.01. The maximum atomic E-state index is 12.8. The molecule has 1 saturated heterocycles. The molecule has 0 aromatic heterocycles. The van der Waals surface area contributed by atoms with E-state index in [0.717, 1.165) is 37.8 Å². The third-order valence-electron chi connectivity index (χ3n) is 4.29. The molecule has 3 rings (SSSR count). The Bertz CT molecular complexity index is 481. The van der Waals surface area contributed by atoms with Crippen molar-refractivity contribution in [3.05, 3.63) is 34.9 Å². The second-order valence-corrected chi connectivity index (χ2v) is 5.86. The minimum absolute atomic E-state index is 0.0442. The molecule has 1 atom stereocenters. The van der Waals surface area contributed by atoms with Crippen molar-refractivity contribution in [2.45, 2.75) is 37.3 Å². The Kier molecular flexibility index (Phi) is 3.27. The van der Waals surface area contributed by atoms with Gasteiger partial charge in [0.05, 0.1) is 5.41 Å². The summed E-state index contributed by atoms with van der Waals surface area (Å²) in [6, 6.07) is 7.68. The number of carbonyl (C=O) groups is 1. The molecule has 2 fully saturated rings. The van der Waals surface area contributed by atoms with Gasteiger partial charge >= 0.3 is 0 Å². The van der Waals surface area contributed by atoms with Gasteiger partial charge in [0, 0.05) is 18.7 Å². The molecule has 4 heteroatoms. The minimum atomic E-state index is -0.314. The van der Waals surface area contributed by atoms with E-state index in [4.69, 9.17) is 16.3 Å². The molecular weight excluding hydrogens is 262 g/mol. The first kappa shape index (κ1) is 12.9. The van der Waals surface area contributed by atoms with Crippen LogP contribution >= 0.6 is 11.6 Å². The van der Waals surface area contributed by atoms with Crippen molar-refractivity contribution in [3.8, 4) is 0 Å². The van der Waals surface area contributed by atoms with E-state index in [1.54, 1.807) is 7.11 Å². The molecule has 3 nitrogen and oxygen atoms in total. The van der Waals surface area contributed by atoms with Gasteiger partial charge in [-0.15, -0.1) is 0 Å². The smallest absolute Gasteiger partial charge is 0.235 e. The summed E-state index contributed by atoms with van der Waals surface area (Å²) in [5.41, 5.74) is 0.773. The largest absolute Gasteiger partial charge is 0.362 e. The molecule has 1 aliphatic carbocycles. The van der Waals surface area contributed by atoms with E-state index in [1.165, 1.54) is 0 Å². The summed E-state index contributed by atoms with van der Waals surface area (Å²) in [5, 5.41) is 0.711. The summed E-state index contributed by atoms with van der Waals surface area (Å²) in [6.45, 7) is 0.812. The Morgan fingerprint density at radius 2 is 2.05 bits per heavy atom. The molecule has 1 saturated carbocycles. The van der Waals surface area contributed by atoms with Gasteiger partial charge in [-0.25, -0.2) is 0 Å². The maximum Gasteiger partial charge on any atom is 0.235 e. The summed E-state index contributed by atoms with van der Waals surface area (Å²) in [6.07, 6.45) is 3.79. The van der Waals surface area contributed by atoms with Crippen LogP contribution in [0.15, 0.2) is 24.3 Å². The van der Waals surface area contributed by atoms with E-state index in [-0.39, 0.29) is 17.6 Å². The van der Waals surface area contributed by atoms with Gasteiger partial charge in [0.1, 0.15) is 6.23 Å². The third kappa shape index (κ3) is 2.15. The topological polar surface area (TPSA) is 29.5 Å². The molecule has 1 aromatic carbocycles. The van der Waals surface area contributed by atoms with Crippen molar-refractivity contribution < 1.29 is 9.53 Å². The Balaban J connectivity index is 1.84. The predicted molar refractivity (Wildman–Crippen MR) is 74.1 cm³/mol. The summed E-state index contributed by atoms with van der Waals surface area (Å²) < 4.78 is 5.41. The number of likely N-dealkylation sites (tertiary alicyclic amines) is 1. The molecule has 19 heavy (non-hydrogen) atoms. The van der Waals surface area contributed by atoms with Crippen molar-refractivity contribution in [1.82, 2.24) is 4.90 Å². The summed E-state index contributed by atoms with van der Waals surface area (Å²) in [7, 11) is 1.68. The lowest BCUT2D eigenvalue weighted by Gasteiger charge is -2.28. The van der Waals surface area contributed by atoms with Crippen LogP contribution in [0.3, 0.4) is 0 Å². The number of rotatable bonds is 3. The fraction of sp³-hybridized carbons (Fsp3) is 0.533. The monoisotopic (exact) mass is 279 g/mol. The van der Waals surface area contributed by atoms with Crippen LogP contribution < -0.4 is 0 Å². The van der Waals surface area contributed by atoms with Gasteiger partial charge in [0.2, 0.25) is 5.91 Å². The number of methoxy groups -OCH3 is 1. The number of hydrogen-bond donors (Lipinski definition) is 0. The Hall–Kier alpha value is -1.06. The molecule has 1 aromatic rings. The molecule has 0 bridgehead atoms. The van der Waals surface area contributed by atoms with E-state index in [0.29, 0.717) is 5.02 Å². The number of hydrogen-bond acceptors (Lipinski definition) is 2. The molecule has 2 aliphatic rings. The van der Waals surface area contributed by atoms with E-state index in [9.17, 15) is 4.79 Å². The highest BCUT2D eigenvalue weighted by Gasteiger charge is 2.54. The van der Waals surface area contributed by atoms with Crippen LogP contribution in [-0.4, -0.2) is 30.7 Å². The number of carbonyl (C=O) groups excluding carboxylic acids is 1. The number of ether oxygens (including phenoxy) is 1. The van der Waals surface area contributed by atoms with Crippen molar-refractivity contribution >= 4 is 17.5 Å². The number of halogens is 1. The minimum Gasteiger partial charge on any atom is -0.362 e. The predicted octanol–water partition coefficient (Wildman–Crippen LogP) is 2.97. The SMILES string of the molecule is CO[C@@H]1CCCN1C(=O)C1(c2ccc(Cl)cc2)CC1. The summed E-state index contributed by atoms with van der Waals surface area (Å²) >= 11 is 5.92. The number of benzene rings is 1. The Morgan fingerprint density at radius 1 is 1.37 bits per heavy atom. The van der Waals surface area contributed by atoms with Crippen LogP contribution in [0.4, 0.5) is 0 Å². The first-order chi connectivity index (χ1) is 9.17. The molecule has 0 N–H and O–H groups in total. The van der Waals surface area contributed by atoms with Crippen molar-refractivity contribution in [1.29, 1.82) is 0 Å². The zero-order valence-corrected chi connectivity index (χ0v) is 11.8. The standard InChI is InChI=1S/C15H18ClNO2/c1-19-13-3-2-10-17(13)14(18)15(8-9-15)11-4-6-12(16)7-5-11/h4-7,13H,2-3,8-10H2,1H3/t13-/m1/s1. The summed E-state index contributed by atoms with van der Waals surface area (Å²) in [4.78, 5) is 14.7. The van der Waals surface area contributed by atoms with Crippen molar-refractivity contribution in [3.63, 3.8) is 0 Å². The molecular formula is C15H18ClNO2. The third-order valence-corrected chi connectivity index (χ3v) is 4.54. The average Bonchev–Trinajstić information content (AvgIpc) is 3.09. The summed E-state index contributed by atoms with van der Waals surface area (Å²) in [5.74, 6) is 0.221. The van der Waals surface area contributed by atoms with Crippen LogP contribution in [0.2, 0.25) is 5.02 Å².